The standard InChI is InChI=1S/C14H22N2O4S/c1-3-20-14(17)5-4-10-16-21(18,19)13-8-6-12(7-9-13)11(2)15/h6-9,11,16H,3-5,10,15H2,1-2H3. The molecule has 0 amide bonds. The number of hydrogen-bond acceptors (Lipinski definition) is 5. The maximum Gasteiger partial charge on any atom is 0.305 e. The van der Waals surface area contributed by atoms with E-state index in [9.17, 15) is 13.2 Å². The smallest absolute Gasteiger partial charge is 0.305 e. The Kier molecular flexibility index (Phi) is 6.80. The predicted molar refractivity (Wildman–Crippen MR) is 80.1 cm³/mol. The van der Waals surface area contributed by atoms with Gasteiger partial charge in [0.2, 0.25) is 10.0 Å². The Balaban J connectivity index is 2.51. The van der Waals surface area contributed by atoms with Gasteiger partial charge in [-0.05, 0) is 38.0 Å². The molecule has 1 aromatic carbocycles. The molecule has 0 aliphatic heterocycles. The van der Waals surface area contributed by atoms with E-state index in [0.29, 0.717) is 13.0 Å². The van der Waals surface area contributed by atoms with Gasteiger partial charge in [-0.3, -0.25) is 4.79 Å². The molecule has 7 heteroatoms. The van der Waals surface area contributed by atoms with Crippen LogP contribution in [0.25, 0.3) is 0 Å². The van der Waals surface area contributed by atoms with Crippen LogP contribution in [0.3, 0.4) is 0 Å². The van der Waals surface area contributed by atoms with Crippen molar-refractivity contribution in [3.8, 4) is 0 Å². The summed E-state index contributed by atoms with van der Waals surface area (Å²) >= 11 is 0. The lowest BCUT2D eigenvalue weighted by molar-refractivity contribution is -0.143. The molecule has 0 aromatic heterocycles. The Hall–Kier alpha value is -1.44. The molecule has 1 rings (SSSR count). The van der Waals surface area contributed by atoms with E-state index in [1.54, 1.807) is 19.1 Å². The highest BCUT2D eigenvalue weighted by molar-refractivity contribution is 7.89. The minimum atomic E-state index is -3.56. The largest absolute Gasteiger partial charge is 0.466 e. The second-order valence-electron chi connectivity index (χ2n) is 4.66. The van der Waals surface area contributed by atoms with E-state index in [1.165, 1.54) is 12.1 Å². The van der Waals surface area contributed by atoms with Crippen molar-refractivity contribution < 1.29 is 17.9 Å². The summed E-state index contributed by atoms with van der Waals surface area (Å²) in [5.41, 5.74) is 6.59. The van der Waals surface area contributed by atoms with Crippen molar-refractivity contribution >= 4 is 16.0 Å². The molecule has 21 heavy (non-hydrogen) atoms. The highest BCUT2D eigenvalue weighted by Crippen LogP contribution is 2.14. The minimum absolute atomic E-state index is 0.140. The summed E-state index contributed by atoms with van der Waals surface area (Å²) in [5, 5.41) is 0. The van der Waals surface area contributed by atoms with Gasteiger partial charge in [-0.2, -0.15) is 0 Å². The number of rotatable bonds is 8. The first-order valence-electron chi connectivity index (χ1n) is 6.87. The van der Waals surface area contributed by atoms with Crippen LogP contribution in [0.1, 0.15) is 38.3 Å². The summed E-state index contributed by atoms with van der Waals surface area (Å²) in [6, 6.07) is 6.29. The molecule has 1 aromatic rings. The fourth-order valence-electron chi connectivity index (χ4n) is 1.71. The third-order valence-corrected chi connectivity index (χ3v) is 4.35. The molecule has 0 radical (unpaired) electrons. The first kappa shape index (κ1) is 17.6. The second kappa shape index (κ2) is 8.11. The van der Waals surface area contributed by atoms with Crippen LogP contribution in [0.5, 0.6) is 0 Å². The molecular formula is C14H22N2O4S. The van der Waals surface area contributed by atoms with Crippen molar-refractivity contribution in [3.05, 3.63) is 29.8 Å². The molecule has 0 aliphatic carbocycles. The Bertz CT molecular complexity index is 553. The highest BCUT2D eigenvalue weighted by atomic mass is 32.2. The fraction of sp³-hybridized carbons (Fsp3) is 0.500. The van der Waals surface area contributed by atoms with Crippen LogP contribution in [0, 0.1) is 0 Å². The van der Waals surface area contributed by atoms with Crippen molar-refractivity contribution in [2.75, 3.05) is 13.2 Å². The summed E-state index contributed by atoms with van der Waals surface area (Å²) < 4.78 is 31.3. The molecule has 0 heterocycles. The van der Waals surface area contributed by atoms with Crippen molar-refractivity contribution in [3.63, 3.8) is 0 Å². The molecule has 1 atom stereocenters. The van der Waals surface area contributed by atoms with Crippen molar-refractivity contribution in [1.29, 1.82) is 0 Å². The summed E-state index contributed by atoms with van der Waals surface area (Å²) in [5.74, 6) is -0.321. The lowest BCUT2D eigenvalue weighted by atomic mass is 10.1. The molecule has 3 N–H and O–H groups in total. The predicted octanol–water partition coefficient (Wildman–Crippen LogP) is 1.33. The fourth-order valence-corrected chi connectivity index (χ4v) is 2.78. The Morgan fingerprint density at radius 3 is 2.48 bits per heavy atom. The van der Waals surface area contributed by atoms with Gasteiger partial charge in [0, 0.05) is 19.0 Å². The Morgan fingerprint density at radius 2 is 1.95 bits per heavy atom. The number of carbonyl (C=O) groups excluding carboxylic acids is 1. The van der Waals surface area contributed by atoms with E-state index < -0.39 is 10.0 Å². The van der Waals surface area contributed by atoms with E-state index >= 15 is 0 Å². The van der Waals surface area contributed by atoms with E-state index in [1.807, 2.05) is 6.92 Å². The topological polar surface area (TPSA) is 98.5 Å². The number of hydrogen-bond donors (Lipinski definition) is 2. The van der Waals surface area contributed by atoms with Gasteiger partial charge in [0.1, 0.15) is 0 Å². The number of nitrogens with one attached hydrogen (secondary N) is 1. The number of nitrogens with two attached hydrogens (primary N) is 1. The van der Waals surface area contributed by atoms with E-state index in [0.717, 1.165) is 5.56 Å². The third kappa shape index (κ3) is 5.82. The molecule has 0 spiro atoms. The van der Waals surface area contributed by atoms with Crippen LogP contribution in [0.4, 0.5) is 0 Å². The van der Waals surface area contributed by atoms with Crippen LogP contribution in [-0.2, 0) is 19.6 Å². The lowest BCUT2D eigenvalue weighted by Gasteiger charge is -2.09. The molecule has 118 valence electrons. The average Bonchev–Trinajstić information content (AvgIpc) is 2.44. The van der Waals surface area contributed by atoms with Crippen LogP contribution >= 0.6 is 0 Å². The van der Waals surface area contributed by atoms with E-state index in [4.69, 9.17) is 10.5 Å². The number of carbonyl (C=O) groups is 1. The van der Waals surface area contributed by atoms with Crippen LogP contribution in [0.2, 0.25) is 0 Å². The first-order valence-corrected chi connectivity index (χ1v) is 8.36. The average molecular weight is 314 g/mol. The molecule has 6 nitrogen and oxygen atoms in total. The number of benzene rings is 1. The summed E-state index contributed by atoms with van der Waals surface area (Å²) in [7, 11) is -3.56. The van der Waals surface area contributed by atoms with Gasteiger partial charge in [-0.1, -0.05) is 12.1 Å². The van der Waals surface area contributed by atoms with Gasteiger partial charge < -0.3 is 10.5 Å². The van der Waals surface area contributed by atoms with Gasteiger partial charge in [-0.15, -0.1) is 0 Å². The second-order valence-corrected chi connectivity index (χ2v) is 6.43. The van der Waals surface area contributed by atoms with Crippen molar-refractivity contribution in [2.45, 2.75) is 37.6 Å². The zero-order chi connectivity index (χ0) is 15.9. The van der Waals surface area contributed by atoms with Gasteiger partial charge >= 0.3 is 5.97 Å². The van der Waals surface area contributed by atoms with Crippen LogP contribution < -0.4 is 10.5 Å². The van der Waals surface area contributed by atoms with Crippen molar-refractivity contribution in [2.24, 2.45) is 5.73 Å². The lowest BCUT2D eigenvalue weighted by Crippen LogP contribution is -2.25. The molecule has 0 aliphatic rings. The van der Waals surface area contributed by atoms with Gasteiger partial charge in [0.15, 0.2) is 0 Å². The Labute approximate surface area is 125 Å². The SMILES string of the molecule is CCOC(=O)CCCNS(=O)(=O)c1ccc(C(C)N)cc1. The molecule has 0 saturated carbocycles. The molecular weight excluding hydrogens is 292 g/mol. The Morgan fingerprint density at radius 1 is 1.33 bits per heavy atom. The molecule has 0 bridgehead atoms. The first-order chi connectivity index (χ1) is 9.86. The third-order valence-electron chi connectivity index (χ3n) is 2.87. The number of esters is 1. The summed E-state index contributed by atoms with van der Waals surface area (Å²) in [6.07, 6.45) is 0.593. The minimum Gasteiger partial charge on any atom is -0.466 e. The summed E-state index contributed by atoms with van der Waals surface area (Å²) in [4.78, 5) is 11.3. The normalized spacial score (nSPS) is 12.9. The van der Waals surface area contributed by atoms with Gasteiger partial charge in [0.25, 0.3) is 0 Å². The van der Waals surface area contributed by atoms with Crippen LogP contribution in [0.15, 0.2) is 29.2 Å². The van der Waals surface area contributed by atoms with Gasteiger partial charge in [-0.25, -0.2) is 13.1 Å². The molecule has 0 saturated heterocycles. The monoisotopic (exact) mass is 314 g/mol. The highest BCUT2D eigenvalue weighted by Gasteiger charge is 2.14. The quantitative estimate of drug-likeness (QED) is 0.557. The zero-order valence-electron chi connectivity index (χ0n) is 12.3. The van der Waals surface area contributed by atoms with Gasteiger partial charge in [0.05, 0.1) is 11.5 Å². The van der Waals surface area contributed by atoms with E-state index in [-0.39, 0.29) is 29.9 Å². The number of sulfonamides is 1. The van der Waals surface area contributed by atoms with Crippen LogP contribution in [-0.4, -0.2) is 27.5 Å². The maximum absolute atomic E-state index is 12.0. The summed E-state index contributed by atoms with van der Waals surface area (Å²) in [6.45, 7) is 4.08. The zero-order valence-corrected chi connectivity index (χ0v) is 13.2. The van der Waals surface area contributed by atoms with E-state index in [2.05, 4.69) is 4.72 Å². The maximum atomic E-state index is 12.0. The molecule has 0 fully saturated rings. The van der Waals surface area contributed by atoms with Crippen molar-refractivity contribution in [1.82, 2.24) is 4.72 Å². The molecule has 1 unspecified atom stereocenters. The number of ether oxygens (including phenoxy) is 1.